The highest BCUT2D eigenvalue weighted by Gasteiger charge is 2.33. The summed E-state index contributed by atoms with van der Waals surface area (Å²) >= 11 is 3.80. The van der Waals surface area contributed by atoms with Gasteiger partial charge in [-0.2, -0.15) is 0 Å². The molecule has 0 aromatic heterocycles. The van der Waals surface area contributed by atoms with Crippen molar-refractivity contribution >= 4 is 29.4 Å². The van der Waals surface area contributed by atoms with Crippen LogP contribution in [0.25, 0.3) is 0 Å². The maximum absolute atomic E-state index is 12.4. The zero-order valence-electron chi connectivity index (χ0n) is 12.9. The molecule has 0 aliphatic heterocycles. The second-order valence-electron chi connectivity index (χ2n) is 5.46. The number of carbonyl (C=O) groups excluding carboxylic acids is 3. The minimum Gasteiger partial charge on any atom is -0.353 e. The molecule has 0 saturated carbocycles. The normalized spacial score (nSPS) is 15.2. The minimum atomic E-state index is -0.858. The summed E-state index contributed by atoms with van der Waals surface area (Å²) in [5.74, 6) is -1.41. The topological polar surface area (TPSA) is 63.2 Å². The molecule has 0 aliphatic rings. The van der Waals surface area contributed by atoms with Gasteiger partial charge in [0.2, 0.25) is 5.91 Å². The smallest absolute Gasteiger partial charge is 0.217 e. The molecule has 0 aromatic rings. The van der Waals surface area contributed by atoms with Crippen LogP contribution in [-0.4, -0.2) is 22.8 Å². The number of unbranched alkanes of at least 4 members (excludes halogenated alkanes) is 3. The average molecular weight is 301 g/mol. The quantitative estimate of drug-likeness (QED) is 0.370. The first-order chi connectivity index (χ1) is 9.31. The molecule has 20 heavy (non-hydrogen) atoms. The lowest BCUT2D eigenvalue weighted by Gasteiger charge is -2.23. The van der Waals surface area contributed by atoms with E-state index in [1.165, 1.54) is 6.92 Å². The van der Waals surface area contributed by atoms with Crippen molar-refractivity contribution in [1.82, 2.24) is 5.32 Å². The second kappa shape index (κ2) is 9.97. The average Bonchev–Trinajstić information content (AvgIpc) is 2.32. The van der Waals surface area contributed by atoms with Gasteiger partial charge in [-0.3, -0.25) is 14.4 Å². The summed E-state index contributed by atoms with van der Waals surface area (Å²) < 4.78 is 0. The summed E-state index contributed by atoms with van der Waals surface area (Å²) in [6, 6.07) is -0.511. The van der Waals surface area contributed by atoms with E-state index < -0.39 is 17.1 Å². The summed E-state index contributed by atoms with van der Waals surface area (Å²) in [6.07, 6.45) is 5.19. The van der Waals surface area contributed by atoms with E-state index in [4.69, 9.17) is 0 Å². The molecule has 0 aliphatic carbocycles. The Morgan fingerprint density at radius 3 is 2.15 bits per heavy atom. The summed E-state index contributed by atoms with van der Waals surface area (Å²) in [5, 5.41) is 2.13. The van der Waals surface area contributed by atoms with E-state index in [-0.39, 0.29) is 17.6 Å². The molecule has 1 N–H and O–H groups in total. The second-order valence-corrected chi connectivity index (χ2v) is 5.90. The lowest BCUT2D eigenvalue weighted by molar-refractivity contribution is -0.132. The zero-order valence-corrected chi connectivity index (χ0v) is 13.8. The molecule has 0 radical (unpaired) electrons. The van der Waals surface area contributed by atoms with Crippen molar-refractivity contribution in [1.29, 1.82) is 0 Å². The summed E-state index contributed by atoms with van der Waals surface area (Å²) in [5.41, 5.74) is 0. The van der Waals surface area contributed by atoms with E-state index in [9.17, 15) is 14.4 Å². The van der Waals surface area contributed by atoms with E-state index in [0.717, 1.165) is 32.1 Å². The van der Waals surface area contributed by atoms with Crippen LogP contribution in [0, 0.1) is 11.8 Å². The van der Waals surface area contributed by atoms with Crippen molar-refractivity contribution in [3.8, 4) is 0 Å². The Hall–Kier alpha value is -0.840. The molecule has 0 bridgehead atoms. The number of rotatable bonds is 10. The first-order valence-electron chi connectivity index (χ1n) is 7.34. The summed E-state index contributed by atoms with van der Waals surface area (Å²) in [4.78, 5) is 35.0. The Morgan fingerprint density at radius 2 is 1.70 bits per heavy atom. The summed E-state index contributed by atoms with van der Waals surface area (Å²) in [7, 11) is 0. The van der Waals surface area contributed by atoms with Crippen LogP contribution in [0.4, 0.5) is 0 Å². The molecule has 116 valence electrons. The number of Topliss-reactive ketones (excluding diaryl/α,β-unsaturated/α-hetero) is 1. The van der Waals surface area contributed by atoms with Gasteiger partial charge in [0.05, 0.1) is 0 Å². The van der Waals surface area contributed by atoms with Crippen LogP contribution in [0.1, 0.15) is 59.8 Å². The van der Waals surface area contributed by atoms with Crippen LogP contribution in [0.5, 0.6) is 0 Å². The van der Waals surface area contributed by atoms with Gasteiger partial charge in [0.25, 0.3) is 0 Å². The van der Waals surface area contributed by atoms with Gasteiger partial charge in [-0.25, -0.2) is 0 Å². The Morgan fingerprint density at radius 1 is 1.10 bits per heavy atom. The molecule has 0 aromatic carbocycles. The lowest BCUT2D eigenvalue weighted by atomic mass is 9.87. The molecule has 1 amide bonds. The maximum Gasteiger partial charge on any atom is 0.217 e. The number of amides is 1. The molecular weight excluding hydrogens is 274 g/mol. The Labute approximate surface area is 127 Å². The van der Waals surface area contributed by atoms with Crippen LogP contribution in [0.2, 0.25) is 0 Å². The van der Waals surface area contributed by atoms with Gasteiger partial charge >= 0.3 is 0 Å². The monoisotopic (exact) mass is 301 g/mol. The minimum absolute atomic E-state index is 0.122. The van der Waals surface area contributed by atoms with Crippen molar-refractivity contribution in [3.05, 3.63) is 0 Å². The van der Waals surface area contributed by atoms with Gasteiger partial charge in [0, 0.05) is 18.9 Å². The van der Waals surface area contributed by atoms with Crippen LogP contribution in [0.15, 0.2) is 0 Å². The lowest BCUT2D eigenvalue weighted by Crippen LogP contribution is -2.44. The predicted octanol–water partition coefficient (Wildman–Crippen LogP) is 2.76. The molecule has 3 unspecified atom stereocenters. The third kappa shape index (κ3) is 7.08. The fourth-order valence-corrected chi connectivity index (χ4v) is 2.66. The van der Waals surface area contributed by atoms with Crippen molar-refractivity contribution in [3.63, 3.8) is 0 Å². The molecule has 0 spiro atoms. The number of ketones is 1. The molecule has 5 heteroatoms. The van der Waals surface area contributed by atoms with Gasteiger partial charge < -0.3 is 5.32 Å². The fraction of sp³-hybridized carbons (Fsp3) is 0.800. The molecule has 0 saturated heterocycles. The zero-order chi connectivity index (χ0) is 15.7. The highest BCUT2D eigenvalue weighted by molar-refractivity contribution is 7.96. The van der Waals surface area contributed by atoms with Crippen LogP contribution < -0.4 is 5.32 Å². The standard InChI is InChI=1S/C15H27NO3S/c1-5-6-7-8-9-10(2)14(18)13(15(19)20)11(3)16-12(4)17/h10-11,13H,5-9H2,1-4H3,(H,16,17)(H,19,20). The van der Waals surface area contributed by atoms with Gasteiger partial charge in [-0.05, 0) is 13.3 Å². The Bertz CT molecular complexity index is 344. The Balaban J connectivity index is 4.55. The number of nitrogens with one attached hydrogen (secondary N) is 1. The van der Waals surface area contributed by atoms with Crippen molar-refractivity contribution < 1.29 is 14.4 Å². The van der Waals surface area contributed by atoms with Gasteiger partial charge in [-0.15, -0.1) is 12.6 Å². The highest BCUT2D eigenvalue weighted by Crippen LogP contribution is 2.20. The van der Waals surface area contributed by atoms with E-state index in [1.54, 1.807) is 6.92 Å². The molecule has 0 heterocycles. The number of hydrogen-bond donors (Lipinski definition) is 2. The third-order valence-corrected chi connectivity index (χ3v) is 3.76. The molecule has 0 rings (SSSR count). The number of hydrogen-bond acceptors (Lipinski definition) is 3. The highest BCUT2D eigenvalue weighted by atomic mass is 32.1. The van der Waals surface area contributed by atoms with Crippen LogP contribution >= 0.6 is 12.6 Å². The SMILES string of the molecule is CCCCCCC(C)C(=O)C(C(=O)S)C(C)NC(C)=O. The Kier molecular flexibility index (Phi) is 9.55. The number of thiol groups is 1. The number of carbonyl (C=O) groups is 3. The molecule has 3 atom stereocenters. The maximum atomic E-state index is 12.4. The third-order valence-electron chi connectivity index (χ3n) is 3.48. The van der Waals surface area contributed by atoms with E-state index >= 15 is 0 Å². The first kappa shape index (κ1) is 19.2. The van der Waals surface area contributed by atoms with Crippen LogP contribution in [0.3, 0.4) is 0 Å². The predicted molar refractivity (Wildman–Crippen MR) is 83.7 cm³/mol. The van der Waals surface area contributed by atoms with Crippen LogP contribution in [-0.2, 0) is 14.4 Å². The molecular formula is C15H27NO3S. The van der Waals surface area contributed by atoms with Crippen molar-refractivity contribution in [2.45, 2.75) is 65.8 Å². The van der Waals surface area contributed by atoms with Gasteiger partial charge in [-0.1, -0.05) is 39.5 Å². The van der Waals surface area contributed by atoms with Crippen molar-refractivity contribution in [2.24, 2.45) is 11.8 Å². The molecule has 4 nitrogen and oxygen atoms in total. The van der Waals surface area contributed by atoms with Crippen molar-refractivity contribution in [2.75, 3.05) is 0 Å². The summed E-state index contributed by atoms with van der Waals surface area (Å²) in [6.45, 7) is 7.02. The largest absolute Gasteiger partial charge is 0.353 e. The first-order valence-corrected chi connectivity index (χ1v) is 7.79. The van der Waals surface area contributed by atoms with E-state index in [0.29, 0.717) is 0 Å². The van der Waals surface area contributed by atoms with Gasteiger partial charge in [0.15, 0.2) is 5.12 Å². The van der Waals surface area contributed by atoms with E-state index in [2.05, 4.69) is 24.9 Å². The molecule has 0 fully saturated rings. The van der Waals surface area contributed by atoms with E-state index in [1.807, 2.05) is 6.92 Å². The fourth-order valence-electron chi connectivity index (χ4n) is 2.31. The van der Waals surface area contributed by atoms with Gasteiger partial charge in [0.1, 0.15) is 11.7 Å².